The highest BCUT2D eigenvalue weighted by molar-refractivity contribution is 7.92. The summed E-state index contributed by atoms with van der Waals surface area (Å²) in [5.74, 6) is -0.209. The van der Waals surface area contributed by atoms with Gasteiger partial charge in [0.2, 0.25) is 0 Å². The van der Waals surface area contributed by atoms with Crippen LogP contribution in [-0.2, 0) is 16.4 Å². The van der Waals surface area contributed by atoms with E-state index >= 15 is 0 Å². The summed E-state index contributed by atoms with van der Waals surface area (Å²) in [5.41, 5.74) is 3.61. The van der Waals surface area contributed by atoms with Gasteiger partial charge in [0.25, 0.3) is 15.9 Å². The van der Waals surface area contributed by atoms with Crippen LogP contribution in [0.4, 0.5) is 11.4 Å². The molecule has 0 saturated heterocycles. The van der Waals surface area contributed by atoms with Gasteiger partial charge in [-0.1, -0.05) is 48.0 Å². The third-order valence-corrected chi connectivity index (χ3v) is 6.47. The van der Waals surface area contributed by atoms with Crippen LogP contribution in [-0.4, -0.2) is 20.9 Å². The minimum Gasteiger partial charge on any atom is -0.308 e. The van der Waals surface area contributed by atoms with Crippen LogP contribution in [0.5, 0.6) is 0 Å². The van der Waals surface area contributed by atoms with Crippen molar-refractivity contribution in [3.8, 4) is 0 Å². The number of rotatable bonds is 4. The molecule has 0 unspecified atom stereocenters. The fourth-order valence-electron chi connectivity index (χ4n) is 3.57. The summed E-state index contributed by atoms with van der Waals surface area (Å²) in [5, 5.41) is 0. The molecule has 0 spiro atoms. The molecule has 3 aromatic rings. The Balaban J connectivity index is 1.67. The summed E-state index contributed by atoms with van der Waals surface area (Å²) in [6.45, 7) is 2.50. The molecule has 1 amide bonds. The van der Waals surface area contributed by atoms with Crippen molar-refractivity contribution in [1.29, 1.82) is 0 Å². The number of amides is 1. The fourth-order valence-corrected chi connectivity index (χ4v) is 4.65. The Kier molecular flexibility index (Phi) is 5.11. The Morgan fingerprint density at radius 2 is 1.62 bits per heavy atom. The average Bonchev–Trinajstić information content (AvgIpc) is 2.73. The monoisotopic (exact) mass is 406 g/mol. The van der Waals surface area contributed by atoms with E-state index in [9.17, 15) is 13.2 Å². The van der Waals surface area contributed by atoms with E-state index in [-0.39, 0.29) is 16.5 Å². The van der Waals surface area contributed by atoms with Gasteiger partial charge in [-0.25, -0.2) is 8.42 Å². The first-order valence-corrected chi connectivity index (χ1v) is 11.0. The zero-order chi connectivity index (χ0) is 20.4. The second-order valence-electron chi connectivity index (χ2n) is 7.15. The molecule has 0 aliphatic carbocycles. The summed E-state index contributed by atoms with van der Waals surface area (Å²) >= 11 is 0. The van der Waals surface area contributed by atoms with E-state index < -0.39 is 10.0 Å². The molecule has 1 heterocycles. The number of nitrogens with one attached hydrogen (secondary N) is 1. The van der Waals surface area contributed by atoms with Crippen molar-refractivity contribution in [2.75, 3.05) is 16.2 Å². The molecule has 3 aromatic carbocycles. The summed E-state index contributed by atoms with van der Waals surface area (Å²) in [4.78, 5) is 15.2. The van der Waals surface area contributed by atoms with E-state index in [1.54, 1.807) is 53.4 Å². The van der Waals surface area contributed by atoms with Gasteiger partial charge < -0.3 is 4.90 Å². The second kappa shape index (κ2) is 7.72. The van der Waals surface area contributed by atoms with Crippen molar-refractivity contribution in [3.63, 3.8) is 0 Å². The molecular weight excluding hydrogens is 384 g/mol. The molecule has 5 nitrogen and oxygen atoms in total. The van der Waals surface area contributed by atoms with Crippen LogP contribution >= 0.6 is 0 Å². The van der Waals surface area contributed by atoms with Crippen molar-refractivity contribution >= 4 is 27.3 Å². The number of carbonyl (C=O) groups is 1. The predicted molar refractivity (Wildman–Crippen MR) is 115 cm³/mol. The first-order valence-electron chi connectivity index (χ1n) is 9.54. The standard InChI is InChI=1S/C23H22N2O3S/c1-17-12-14-19(15-13-17)29(27,28)24-21-10-4-3-9-20(21)23(26)25-16-6-8-18-7-2-5-11-22(18)25/h2-5,7,9-15,24H,6,8,16H2,1H3. The van der Waals surface area contributed by atoms with Crippen LogP contribution in [0.3, 0.4) is 0 Å². The lowest BCUT2D eigenvalue weighted by Gasteiger charge is -2.30. The van der Waals surface area contributed by atoms with Gasteiger partial charge in [0.05, 0.1) is 16.1 Å². The van der Waals surface area contributed by atoms with Crippen molar-refractivity contribution in [3.05, 3.63) is 89.5 Å². The van der Waals surface area contributed by atoms with Gasteiger partial charge in [0, 0.05) is 12.2 Å². The van der Waals surface area contributed by atoms with Crippen molar-refractivity contribution in [2.24, 2.45) is 0 Å². The maximum absolute atomic E-state index is 13.3. The highest BCUT2D eigenvalue weighted by Crippen LogP contribution is 2.30. The fraction of sp³-hybridized carbons (Fsp3) is 0.174. The lowest BCUT2D eigenvalue weighted by atomic mass is 10.0. The number of benzene rings is 3. The van der Waals surface area contributed by atoms with E-state index in [1.807, 2.05) is 31.2 Å². The van der Waals surface area contributed by atoms with Gasteiger partial charge in [-0.15, -0.1) is 0 Å². The molecule has 1 aliphatic heterocycles. The van der Waals surface area contributed by atoms with Crippen molar-refractivity contribution in [1.82, 2.24) is 0 Å². The van der Waals surface area contributed by atoms with Crippen LogP contribution in [0.1, 0.15) is 27.9 Å². The SMILES string of the molecule is Cc1ccc(S(=O)(=O)Nc2ccccc2C(=O)N2CCCc3ccccc32)cc1. The smallest absolute Gasteiger partial charge is 0.261 e. The lowest BCUT2D eigenvalue weighted by molar-refractivity contribution is 0.0986. The molecule has 29 heavy (non-hydrogen) atoms. The maximum Gasteiger partial charge on any atom is 0.261 e. The van der Waals surface area contributed by atoms with Gasteiger partial charge >= 0.3 is 0 Å². The number of hydrogen-bond donors (Lipinski definition) is 1. The molecule has 0 atom stereocenters. The number of hydrogen-bond acceptors (Lipinski definition) is 3. The van der Waals surface area contributed by atoms with E-state index in [0.717, 1.165) is 29.7 Å². The minimum atomic E-state index is -3.80. The van der Waals surface area contributed by atoms with Gasteiger partial charge in [-0.3, -0.25) is 9.52 Å². The number of aryl methyl sites for hydroxylation is 2. The van der Waals surface area contributed by atoms with Crippen LogP contribution in [0.25, 0.3) is 0 Å². The Morgan fingerprint density at radius 1 is 0.931 bits per heavy atom. The Hall–Kier alpha value is -3.12. The molecule has 0 aromatic heterocycles. The molecule has 0 fully saturated rings. The highest BCUT2D eigenvalue weighted by Gasteiger charge is 2.26. The summed E-state index contributed by atoms with van der Waals surface area (Å²) in [6.07, 6.45) is 1.81. The highest BCUT2D eigenvalue weighted by atomic mass is 32.2. The third kappa shape index (κ3) is 3.89. The third-order valence-electron chi connectivity index (χ3n) is 5.09. The van der Waals surface area contributed by atoms with Gasteiger partial charge in [0.15, 0.2) is 0 Å². The second-order valence-corrected chi connectivity index (χ2v) is 8.84. The normalized spacial score (nSPS) is 13.6. The molecule has 1 N–H and O–H groups in total. The summed E-state index contributed by atoms with van der Waals surface area (Å²) in [6, 6.07) is 21.2. The van der Waals surface area contributed by atoms with Crippen LogP contribution in [0, 0.1) is 6.92 Å². The van der Waals surface area contributed by atoms with Crippen LogP contribution in [0.2, 0.25) is 0 Å². The molecule has 0 radical (unpaired) electrons. The van der Waals surface area contributed by atoms with E-state index in [1.165, 1.54) is 0 Å². The number of fused-ring (bicyclic) bond motifs is 1. The van der Waals surface area contributed by atoms with E-state index in [0.29, 0.717) is 12.1 Å². The minimum absolute atomic E-state index is 0.161. The molecule has 1 aliphatic rings. The number of sulfonamides is 1. The topological polar surface area (TPSA) is 66.5 Å². The maximum atomic E-state index is 13.3. The summed E-state index contributed by atoms with van der Waals surface area (Å²) < 4.78 is 28.2. The first-order chi connectivity index (χ1) is 14.0. The zero-order valence-corrected chi connectivity index (χ0v) is 16.9. The van der Waals surface area contributed by atoms with Crippen molar-refractivity contribution in [2.45, 2.75) is 24.7 Å². The number of para-hydroxylation sites is 2. The predicted octanol–water partition coefficient (Wildman–Crippen LogP) is 4.39. The van der Waals surface area contributed by atoms with Gasteiger partial charge in [-0.05, 0) is 55.7 Å². The quantitative estimate of drug-likeness (QED) is 0.699. The van der Waals surface area contributed by atoms with Crippen LogP contribution in [0.15, 0.2) is 77.7 Å². The van der Waals surface area contributed by atoms with Crippen molar-refractivity contribution < 1.29 is 13.2 Å². The molecule has 0 bridgehead atoms. The number of carbonyl (C=O) groups excluding carboxylic acids is 1. The lowest BCUT2D eigenvalue weighted by Crippen LogP contribution is -2.36. The van der Waals surface area contributed by atoms with E-state index in [2.05, 4.69) is 4.72 Å². The molecule has 4 rings (SSSR count). The number of nitrogens with zero attached hydrogens (tertiary/aromatic N) is 1. The number of anilines is 2. The molecule has 0 saturated carbocycles. The molecule has 148 valence electrons. The zero-order valence-electron chi connectivity index (χ0n) is 16.1. The van der Waals surface area contributed by atoms with Gasteiger partial charge in [-0.2, -0.15) is 0 Å². The largest absolute Gasteiger partial charge is 0.308 e. The Labute approximate surface area is 171 Å². The van der Waals surface area contributed by atoms with Crippen LogP contribution < -0.4 is 9.62 Å². The van der Waals surface area contributed by atoms with Gasteiger partial charge in [0.1, 0.15) is 0 Å². The summed E-state index contributed by atoms with van der Waals surface area (Å²) in [7, 11) is -3.80. The Bertz CT molecular complexity index is 1150. The molecule has 6 heteroatoms. The van der Waals surface area contributed by atoms with E-state index in [4.69, 9.17) is 0 Å². The first kappa shape index (κ1) is 19.2. The Morgan fingerprint density at radius 3 is 2.41 bits per heavy atom. The molecular formula is C23H22N2O3S. The average molecular weight is 407 g/mol.